The van der Waals surface area contributed by atoms with Gasteiger partial charge in [-0.05, 0) is 30.0 Å². The van der Waals surface area contributed by atoms with Gasteiger partial charge in [-0.3, -0.25) is 0 Å². The third kappa shape index (κ3) is 5.20. The Morgan fingerprint density at radius 3 is 2.67 bits per heavy atom. The largest absolute Gasteiger partial charge is 0.490 e. The number of aliphatic hydroxyl groups is 1. The van der Waals surface area contributed by atoms with Crippen molar-refractivity contribution >= 4 is 0 Å². The van der Waals surface area contributed by atoms with Gasteiger partial charge in [-0.1, -0.05) is 32.6 Å². The van der Waals surface area contributed by atoms with Gasteiger partial charge in [-0.15, -0.1) is 0 Å². The van der Waals surface area contributed by atoms with Crippen molar-refractivity contribution < 1.29 is 14.2 Å². The first-order chi connectivity index (χ1) is 8.42. The molecule has 0 heterocycles. The van der Waals surface area contributed by atoms with Crippen molar-refractivity contribution in [1.82, 2.24) is 0 Å². The van der Waals surface area contributed by atoms with Gasteiger partial charge in [0.15, 0.2) is 11.6 Å². The first-order valence-corrected chi connectivity index (χ1v) is 5.94. The predicted molar refractivity (Wildman–Crippen MR) is 69.9 cm³/mol. The molecule has 2 nitrogen and oxygen atoms in total. The Bertz CT molecular complexity index is 450. The molecule has 0 aliphatic rings. The van der Waals surface area contributed by atoms with Crippen molar-refractivity contribution in [1.29, 1.82) is 0 Å². The molecule has 0 aliphatic carbocycles. The van der Waals surface area contributed by atoms with Crippen LogP contribution in [0.4, 0.5) is 4.39 Å². The quantitative estimate of drug-likeness (QED) is 0.836. The van der Waals surface area contributed by atoms with Crippen molar-refractivity contribution in [3.8, 4) is 17.6 Å². The molecule has 0 saturated heterocycles. The summed E-state index contributed by atoms with van der Waals surface area (Å²) in [4.78, 5) is 0. The fraction of sp³-hybridized carbons (Fsp3) is 0.467. The number of hydrogen-bond donors (Lipinski definition) is 1. The highest BCUT2D eigenvalue weighted by molar-refractivity contribution is 5.40. The van der Waals surface area contributed by atoms with Crippen LogP contribution in [0.1, 0.15) is 32.8 Å². The maximum Gasteiger partial charge on any atom is 0.165 e. The van der Waals surface area contributed by atoms with Crippen LogP contribution in [0, 0.1) is 23.1 Å². The maximum atomic E-state index is 13.5. The molecule has 0 saturated carbocycles. The van der Waals surface area contributed by atoms with Gasteiger partial charge < -0.3 is 9.84 Å². The summed E-state index contributed by atoms with van der Waals surface area (Å²) in [5.41, 5.74) is 0.793. The molecule has 0 aromatic heterocycles. The molecule has 98 valence electrons. The third-order valence-corrected chi connectivity index (χ3v) is 2.35. The lowest BCUT2D eigenvalue weighted by molar-refractivity contribution is 0.235. The highest BCUT2D eigenvalue weighted by Crippen LogP contribution is 2.22. The maximum absolute atomic E-state index is 13.5. The van der Waals surface area contributed by atoms with E-state index in [9.17, 15) is 4.39 Å². The van der Waals surface area contributed by atoms with Crippen LogP contribution in [0.3, 0.4) is 0 Å². The van der Waals surface area contributed by atoms with Gasteiger partial charge in [-0.2, -0.15) is 0 Å². The summed E-state index contributed by atoms with van der Waals surface area (Å²) in [5, 5.41) is 8.60. The Morgan fingerprint density at radius 1 is 1.33 bits per heavy atom. The second kappa shape index (κ2) is 6.42. The molecule has 0 amide bonds. The molecule has 0 atom stereocenters. The van der Waals surface area contributed by atoms with Crippen molar-refractivity contribution in [2.24, 2.45) is 5.41 Å². The predicted octanol–water partition coefficient (Wildman–Crippen LogP) is 2.98. The lowest BCUT2D eigenvalue weighted by Gasteiger charge is -2.18. The monoisotopic (exact) mass is 250 g/mol. The van der Waals surface area contributed by atoms with Gasteiger partial charge >= 0.3 is 0 Å². The smallest absolute Gasteiger partial charge is 0.165 e. The average molecular weight is 250 g/mol. The van der Waals surface area contributed by atoms with Crippen LogP contribution in [-0.2, 0) is 0 Å². The fourth-order valence-electron chi connectivity index (χ4n) is 1.30. The standard InChI is InChI=1S/C15H19FO2/c1-15(2,3)8-10-18-14-11-12(5-4-9-17)6-7-13(14)16/h6-7,11,17H,8-10H2,1-3H3. The Balaban J connectivity index is 2.69. The van der Waals surface area contributed by atoms with Gasteiger partial charge in [0, 0.05) is 5.56 Å². The highest BCUT2D eigenvalue weighted by atomic mass is 19.1. The molecule has 0 bridgehead atoms. The second-order valence-electron chi connectivity index (χ2n) is 5.26. The van der Waals surface area contributed by atoms with Gasteiger partial charge in [0.25, 0.3) is 0 Å². The van der Waals surface area contributed by atoms with E-state index in [1.165, 1.54) is 6.07 Å². The highest BCUT2D eigenvalue weighted by Gasteiger charge is 2.11. The van der Waals surface area contributed by atoms with Crippen LogP contribution in [-0.4, -0.2) is 18.3 Å². The lowest BCUT2D eigenvalue weighted by Crippen LogP contribution is -2.11. The van der Waals surface area contributed by atoms with Gasteiger partial charge in [-0.25, -0.2) is 4.39 Å². The first-order valence-electron chi connectivity index (χ1n) is 5.94. The van der Waals surface area contributed by atoms with Crippen LogP contribution in [0.2, 0.25) is 0 Å². The molecule has 3 heteroatoms. The molecule has 1 N–H and O–H groups in total. The van der Waals surface area contributed by atoms with E-state index in [1.54, 1.807) is 12.1 Å². The van der Waals surface area contributed by atoms with Crippen molar-refractivity contribution in [3.63, 3.8) is 0 Å². The summed E-state index contributed by atoms with van der Waals surface area (Å²) in [7, 11) is 0. The minimum Gasteiger partial charge on any atom is -0.490 e. The summed E-state index contributed by atoms with van der Waals surface area (Å²) in [5.74, 6) is 5.06. The number of aliphatic hydroxyl groups excluding tert-OH is 1. The Morgan fingerprint density at radius 2 is 2.06 bits per heavy atom. The zero-order valence-corrected chi connectivity index (χ0v) is 11.1. The van der Waals surface area contributed by atoms with Crippen molar-refractivity contribution in [2.45, 2.75) is 27.2 Å². The summed E-state index contributed by atoms with van der Waals surface area (Å²) >= 11 is 0. The molecule has 18 heavy (non-hydrogen) atoms. The van der Waals surface area contributed by atoms with Crippen LogP contribution >= 0.6 is 0 Å². The van der Waals surface area contributed by atoms with Crippen LogP contribution in [0.15, 0.2) is 18.2 Å². The van der Waals surface area contributed by atoms with Crippen LogP contribution in [0.5, 0.6) is 5.75 Å². The summed E-state index contributed by atoms with van der Waals surface area (Å²) < 4.78 is 18.9. The molecule has 0 radical (unpaired) electrons. The minimum absolute atomic E-state index is 0.158. The molecule has 0 spiro atoms. The van der Waals surface area contributed by atoms with Crippen LogP contribution < -0.4 is 4.74 Å². The van der Waals surface area contributed by atoms with Gasteiger partial charge in [0.05, 0.1) is 6.61 Å². The third-order valence-electron chi connectivity index (χ3n) is 2.35. The summed E-state index contributed by atoms with van der Waals surface area (Å²) in [6.07, 6.45) is 0.846. The molecule has 0 unspecified atom stereocenters. The van der Waals surface area contributed by atoms with E-state index >= 15 is 0 Å². The van der Waals surface area contributed by atoms with E-state index in [-0.39, 0.29) is 17.8 Å². The zero-order chi connectivity index (χ0) is 13.6. The molecular weight excluding hydrogens is 231 g/mol. The normalized spacial score (nSPS) is 10.7. The number of rotatable bonds is 3. The summed E-state index contributed by atoms with van der Waals surface area (Å²) in [6, 6.07) is 4.45. The average Bonchev–Trinajstić information content (AvgIpc) is 2.28. The molecule has 1 aromatic rings. The van der Waals surface area contributed by atoms with E-state index in [4.69, 9.17) is 9.84 Å². The minimum atomic E-state index is -0.390. The van der Waals surface area contributed by atoms with E-state index in [1.807, 2.05) is 0 Å². The number of hydrogen-bond acceptors (Lipinski definition) is 2. The topological polar surface area (TPSA) is 29.5 Å². The lowest BCUT2D eigenvalue weighted by atomic mass is 9.93. The van der Waals surface area contributed by atoms with E-state index in [0.717, 1.165) is 6.42 Å². The van der Waals surface area contributed by atoms with Crippen molar-refractivity contribution in [3.05, 3.63) is 29.6 Å². The van der Waals surface area contributed by atoms with Crippen molar-refractivity contribution in [2.75, 3.05) is 13.2 Å². The molecular formula is C15H19FO2. The fourth-order valence-corrected chi connectivity index (χ4v) is 1.30. The molecule has 1 aromatic carbocycles. The molecule has 0 fully saturated rings. The number of halogens is 1. The Labute approximate surface area is 108 Å². The van der Waals surface area contributed by atoms with E-state index in [0.29, 0.717) is 12.2 Å². The van der Waals surface area contributed by atoms with Crippen LogP contribution in [0.25, 0.3) is 0 Å². The van der Waals surface area contributed by atoms with Gasteiger partial charge in [0.2, 0.25) is 0 Å². The van der Waals surface area contributed by atoms with Gasteiger partial charge in [0.1, 0.15) is 6.61 Å². The SMILES string of the molecule is CC(C)(C)CCOc1cc(C#CCO)ccc1F. The molecule has 0 aliphatic heterocycles. The first kappa shape index (κ1) is 14.5. The second-order valence-corrected chi connectivity index (χ2v) is 5.26. The number of benzene rings is 1. The van der Waals surface area contributed by atoms with E-state index in [2.05, 4.69) is 32.6 Å². The van der Waals surface area contributed by atoms with E-state index < -0.39 is 5.82 Å². The number of ether oxygens (including phenoxy) is 1. The Kier molecular flexibility index (Phi) is 5.18. The summed E-state index contributed by atoms with van der Waals surface area (Å²) in [6.45, 7) is 6.58. The zero-order valence-electron chi connectivity index (χ0n) is 11.1. The molecule has 1 rings (SSSR count). The Hall–Kier alpha value is -1.53.